The molecule has 0 heterocycles. The van der Waals surface area contributed by atoms with Crippen LogP contribution in [0, 0.1) is 17.8 Å². The van der Waals surface area contributed by atoms with Crippen molar-refractivity contribution in [3.63, 3.8) is 0 Å². The zero-order chi connectivity index (χ0) is 13.9. The minimum Gasteiger partial charge on any atom is -0.242 e. The Morgan fingerprint density at radius 2 is 1.65 bits per heavy atom. The van der Waals surface area contributed by atoms with Crippen LogP contribution in [0.5, 0.6) is 0 Å². The van der Waals surface area contributed by atoms with Crippen molar-refractivity contribution in [3.8, 4) is 11.8 Å². The van der Waals surface area contributed by atoms with Gasteiger partial charge in [-0.3, -0.25) is 0 Å². The van der Waals surface area contributed by atoms with E-state index in [9.17, 15) is 17.4 Å². The highest BCUT2D eigenvalue weighted by Gasteiger charge is 2.26. The van der Waals surface area contributed by atoms with Crippen LogP contribution in [-0.2, 0) is 11.0 Å². The monoisotopic (exact) mass is 269 g/mol. The molecule has 0 aromatic carbocycles. The van der Waals surface area contributed by atoms with Gasteiger partial charge in [0.2, 0.25) is 0 Å². The maximum Gasteiger partial charge on any atom is 0.457 e. The molecule has 0 aliphatic carbocycles. The molecule has 0 aromatic heterocycles. The van der Waals surface area contributed by atoms with E-state index in [4.69, 9.17) is 0 Å². The minimum absolute atomic E-state index is 0.156. The lowest BCUT2D eigenvalue weighted by Gasteiger charge is -2.23. The molecule has 17 heavy (non-hydrogen) atoms. The van der Waals surface area contributed by atoms with Crippen LogP contribution in [0.25, 0.3) is 0 Å². The van der Waals surface area contributed by atoms with Crippen LogP contribution < -0.4 is 4.72 Å². The van der Waals surface area contributed by atoms with E-state index in [0.29, 0.717) is 0 Å². The molecule has 0 aliphatic rings. The number of hydrogen-bond donors (Lipinski definition) is 1. The maximum absolute atomic E-state index is 12.0. The van der Waals surface area contributed by atoms with Crippen molar-refractivity contribution in [2.45, 2.75) is 51.6 Å². The van der Waals surface area contributed by atoms with Gasteiger partial charge in [0.15, 0.2) is 0 Å². The molecule has 0 spiro atoms. The summed E-state index contributed by atoms with van der Waals surface area (Å²) in [5, 5.41) is 0. The van der Waals surface area contributed by atoms with Gasteiger partial charge < -0.3 is 0 Å². The molecule has 0 amide bonds. The van der Waals surface area contributed by atoms with Gasteiger partial charge in [-0.2, -0.15) is 13.2 Å². The Kier molecular flexibility index (Phi) is 5.69. The molecule has 0 aliphatic heterocycles. The van der Waals surface area contributed by atoms with E-state index < -0.39 is 28.0 Å². The quantitative estimate of drug-likeness (QED) is 0.784. The highest BCUT2D eigenvalue weighted by Crippen LogP contribution is 2.14. The highest BCUT2D eigenvalue weighted by molar-refractivity contribution is 7.84. The van der Waals surface area contributed by atoms with Crippen LogP contribution in [0.3, 0.4) is 0 Å². The number of rotatable bonds is 3. The Balaban J connectivity index is 4.78. The zero-order valence-corrected chi connectivity index (χ0v) is 11.4. The molecule has 0 aromatic rings. The van der Waals surface area contributed by atoms with Gasteiger partial charge in [0.1, 0.15) is 0 Å². The second-order valence-corrected chi connectivity index (χ2v) is 6.99. The van der Waals surface area contributed by atoms with Crippen LogP contribution in [-0.4, -0.2) is 21.2 Å². The Bertz CT molecular complexity index is 333. The van der Waals surface area contributed by atoms with Gasteiger partial charge in [-0.05, 0) is 26.7 Å². The maximum atomic E-state index is 12.0. The summed E-state index contributed by atoms with van der Waals surface area (Å²) in [6.07, 6.45) is -4.52. The van der Waals surface area contributed by atoms with Crippen LogP contribution in [0.15, 0.2) is 0 Å². The van der Waals surface area contributed by atoms with E-state index in [1.165, 1.54) is 5.92 Å². The fourth-order valence-electron chi connectivity index (χ4n) is 0.784. The molecule has 2 atom stereocenters. The minimum atomic E-state index is -4.52. The van der Waals surface area contributed by atoms with E-state index in [1.807, 2.05) is 0 Å². The predicted molar refractivity (Wildman–Crippen MR) is 63.5 cm³/mol. The van der Waals surface area contributed by atoms with Gasteiger partial charge in [-0.1, -0.05) is 19.8 Å². The molecule has 0 radical (unpaired) electrons. The predicted octanol–water partition coefficient (Wildman–Crippen LogP) is 2.63. The summed E-state index contributed by atoms with van der Waals surface area (Å²) in [6, 6.07) is -0.739. The second-order valence-electron chi connectivity index (χ2n) is 4.99. The summed E-state index contributed by atoms with van der Waals surface area (Å²) >= 11 is 0. The van der Waals surface area contributed by atoms with Gasteiger partial charge >= 0.3 is 6.18 Å². The molecule has 1 unspecified atom stereocenters. The third-order valence-corrected chi connectivity index (χ3v) is 3.41. The lowest BCUT2D eigenvalue weighted by atomic mass is 10.1. The first-order valence-electron chi connectivity index (χ1n) is 5.21. The zero-order valence-electron chi connectivity index (χ0n) is 10.6. The normalized spacial score (nSPS) is 16.3. The molecule has 2 nitrogen and oxygen atoms in total. The first-order valence-corrected chi connectivity index (χ1v) is 6.36. The van der Waals surface area contributed by atoms with Gasteiger partial charge in [0.25, 0.3) is 0 Å². The Morgan fingerprint density at radius 3 is 1.94 bits per heavy atom. The smallest absolute Gasteiger partial charge is 0.242 e. The van der Waals surface area contributed by atoms with Crippen molar-refractivity contribution in [1.82, 2.24) is 4.72 Å². The Labute approximate surface area is 103 Å². The van der Waals surface area contributed by atoms with Gasteiger partial charge in [0.05, 0.1) is 21.8 Å². The second kappa shape index (κ2) is 5.87. The lowest BCUT2D eigenvalue weighted by Crippen LogP contribution is -2.41. The summed E-state index contributed by atoms with van der Waals surface area (Å²) in [4.78, 5) is 0. The van der Waals surface area contributed by atoms with Crippen molar-refractivity contribution in [2.24, 2.45) is 5.92 Å². The molecule has 6 heteroatoms. The molecule has 1 N–H and O–H groups in total. The Morgan fingerprint density at radius 1 is 1.18 bits per heavy atom. The molecule has 0 rings (SSSR count). The third-order valence-electron chi connectivity index (χ3n) is 1.83. The molecular formula is C11H18F3NOS. The SMILES string of the molecule is CC(C)[C@H](C#CC(F)(F)F)NS(=O)C(C)(C)C. The molecule has 100 valence electrons. The standard InChI is InChI=1S/C11H18F3NOS/c1-8(2)9(6-7-11(12,13)14)15-17(16)10(3,4)5/h8-9,15H,1-5H3/t9-,17?/m0/s1. The topological polar surface area (TPSA) is 29.1 Å². The van der Waals surface area contributed by atoms with Crippen molar-refractivity contribution < 1.29 is 17.4 Å². The molecule has 0 saturated carbocycles. The van der Waals surface area contributed by atoms with E-state index in [2.05, 4.69) is 10.6 Å². The molecule has 0 bridgehead atoms. The van der Waals surface area contributed by atoms with Crippen LogP contribution >= 0.6 is 0 Å². The first-order chi connectivity index (χ1) is 7.43. The summed E-state index contributed by atoms with van der Waals surface area (Å²) < 4.78 is 49.8. The van der Waals surface area contributed by atoms with Crippen molar-refractivity contribution >= 4 is 11.0 Å². The molecular weight excluding hydrogens is 251 g/mol. The molecule has 0 fully saturated rings. The average molecular weight is 269 g/mol. The fraction of sp³-hybridized carbons (Fsp3) is 0.818. The van der Waals surface area contributed by atoms with E-state index in [1.54, 1.807) is 34.6 Å². The molecule has 0 saturated heterocycles. The average Bonchev–Trinajstić information content (AvgIpc) is 2.07. The van der Waals surface area contributed by atoms with Crippen LogP contribution in [0.2, 0.25) is 0 Å². The van der Waals surface area contributed by atoms with E-state index in [-0.39, 0.29) is 5.92 Å². The van der Waals surface area contributed by atoms with E-state index >= 15 is 0 Å². The van der Waals surface area contributed by atoms with Gasteiger partial charge in [-0.15, -0.1) is 0 Å². The Hall–Kier alpha value is -0.540. The number of halogens is 3. The summed E-state index contributed by atoms with van der Waals surface area (Å²) in [5.41, 5.74) is 0. The first kappa shape index (κ1) is 16.5. The van der Waals surface area contributed by atoms with Crippen molar-refractivity contribution in [1.29, 1.82) is 0 Å². The summed E-state index contributed by atoms with van der Waals surface area (Å²) in [5.74, 6) is 3.14. The largest absolute Gasteiger partial charge is 0.457 e. The third kappa shape index (κ3) is 7.40. The lowest BCUT2D eigenvalue weighted by molar-refractivity contribution is -0.0698. The fourth-order valence-corrected chi connectivity index (χ4v) is 1.70. The van der Waals surface area contributed by atoms with Gasteiger partial charge in [-0.25, -0.2) is 8.93 Å². The summed E-state index contributed by atoms with van der Waals surface area (Å²) in [7, 11) is -1.44. The van der Waals surface area contributed by atoms with Crippen molar-refractivity contribution in [2.75, 3.05) is 0 Å². The van der Waals surface area contributed by atoms with Crippen molar-refractivity contribution in [3.05, 3.63) is 0 Å². The van der Waals surface area contributed by atoms with Crippen LogP contribution in [0.1, 0.15) is 34.6 Å². The number of hydrogen-bond acceptors (Lipinski definition) is 1. The van der Waals surface area contributed by atoms with Crippen LogP contribution in [0.4, 0.5) is 13.2 Å². The van der Waals surface area contributed by atoms with E-state index in [0.717, 1.165) is 0 Å². The summed E-state index contributed by atoms with van der Waals surface area (Å²) in [6.45, 7) is 8.67. The van der Waals surface area contributed by atoms with Gasteiger partial charge in [0, 0.05) is 5.92 Å². The number of alkyl halides is 3. The highest BCUT2D eigenvalue weighted by atomic mass is 32.2. The number of nitrogens with one attached hydrogen (secondary N) is 1.